The quantitative estimate of drug-likeness (QED) is 0.187. The van der Waals surface area contributed by atoms with Crippen molar-refractivity contribution in [2.24, 2.45) is 46.5 Å². The number of nitrogens with zero attached hydrogens (tertiary/aromatic N) is 12. The molecule has 0 N–H and O–H groups in total. The van der Waals surface area contributed by atoms with Crippen molar-refractivity contribution in [3.8, 4) is 0 Å². The molecule has 14 heteroatoms. The molecule has 1 saturated carbocycles. The predicted molar refractivity (Wildman–Crippen MR) is 432 cm³/mol. The maximum atomic E-state index is 5.70. The zero-order valence-corrected chi connectivity index (χ0v) is 72.3. The van der Waals surface area contributed by atoms with Crippen LogP contribution in [0.25, 0.3) is 0 Å². The number of hydrogen-bond acceptors (Lipinski definition) is 13. The maximum absolute atomic E-state index is 5.70. The second kappa shape index (κ2) is 46.0. The topological polar surface area (TPSA) is 68.7 Å². The van der Waals surface area contributed by atoms with Crippen molar-refractivity contribution >= 4 is 0 Å². The summed E-state index contributed by atoms with van der Waals surface area (Å²) < 4.78 is 13.2. The number of likely N-dealkylation sites (N-methyl/N-ethyl adjacent to an activating group) is 3. The fourth-order valence-corrected chi connectivity index (χ4v) is 14.1. The van der Waals surface area contributed by atoms with Crippen molar-refractivity contribution in [2.75, 3.05) is 199 Å². The largest absolute Gasteiger partial charge is 0.376 e. The highest BCUT2D eigenvalue weighted by molar-refractivity contribution is 5.14. The monoisotopic (exact) mass is 1390 g/mol. The van der Waals surface area contributed by atoms with Gasteiger partial charge in [0, 0.05) is 136 Å². The Balaban J connectivity index is 0.000000561. The number of rotatable bonds is 12. The fraction of sp³-hybridized carbons (Fsp3) is 0.964. The first-order chi connectivity index (χ1) is 45.0. The molecular formula is C84H176N12O2. The van der Waals surface area contributed by atoms with Crippen molar-refractivity contribution in [2.45, 2.75) is 285 Å². The maximum Gasteiger partial charge on any atom is 0.0598 e. The van der Waals surface area contributed by atoms with Gasteiger partial charge in [0.2, 0.25) is 0 Å². The van der Waals surface area contributed by atoms with E-state index in [9.17, 15) is 0 Å². The van der Waals surface area contributed by atoms with E-state index in [0.29, 0.717) is 27.2 Å². The van der Waals surface area contributed by atoms with Crippen LogP contribution in [-0.4, -0.2) is 281 Å². The van der Waals surface area contributed by atoms with E-state index in [4.69, 9.17) is 9.47 Å². The number of piperidine rings is 2. The third-order valence-corrected chi connectivity index (χ3v) is 21.6. The van der Waals surface area contributed by atoms with Gasteiger partial charge in [-0.25, -0.2) is 0 Å². The molecule has 1 aliphatic carbocycles. The van der Waals surface area contributed by atoms with Gasteiger partial charge in [0.05, 0.1) is 17.4 Å². The number of aryl methyl sites for hydroxylation is 1. The van der Waals surface area contributed by atoms with Gasteiger partial charge in [-0.2, -0.15) is 5.10 Å². The van der Waals surface area contributed by atoms with Crippen LogP contribution in [0.15, 0.2) is 12.4 Å². The Bertz CT molecular complexity index is 2020. The van der Waals surface area contributed by atoms with Gasteiger partial charge in [-0.05, 0) is 277 Å². The van der Waals surface area contributed by atoms with E-state index in [1.54, 1.807) is 0 Å². The lowest BCUT2D eigenvalue weighted by Gasteiger charge is -2.42. The van der Waals surface area contributed by atoms with Crippen LogP contribution in [-0.2, 0) is 21.9 Å². The molecule has 7 heterocycles. The van der Waals surface area contributed by atoms with Crippen molar-refractivity contribution in [3.05, 3.63) is 18.0 Å². The number of aromatic nitrogens is 2. The van der Waals surface area contributed by atoms with E-state index < -0.39 is 0 Å². The minimum atomic E-state index is 0.0160. The van der Waals surface area contributed by atoms with E-state index in [2.05, 4.69) is 276 Å². The third kappa shape index (κ3) is 46.5. The average Bonchev–Trinajstić information content (AvgIpc) is 1.05. The molecule has 0 radical (unpaired) electrons. The molecule has 7 aliphatic rings. The first-order valence-corrected chi connectivity index (χ1v) is 40.4. The van der Waals surface area contributed by atoms with Crippen molar-refractivity contribution in [1.82, 2.24) is 58.8 Å². The SMILES string of the molecule is CC(C)(C)OCCCN1CCCC1.CCN1CCC(C(C)(C)C)CC1.CCN1CCN(C(C)(C)C)CC1.CN(C)C1CCC(C(C)(C)C)CC1.CN1CCC(C(C)(C)C)CC1.CN1CCN(CC(C)(C)C)CC1.CN1CCN(CCCOC(C)(C)C)CC1.Cn1cc(C(C)(C)C)cn1. The second-order valence-electron chi connectivity index (χ2n) is 39.6. The van der Waals surface area contributed by atoms with E-state index in [1.165, 1.54) is 227 Å². The average molecular weight is 1390 g/mol. The number of likely N-dealkylation sites (tertiary alicyclic amines) is 3. The lowest BCUT2D eigenvalue weighted by molar-refractivity contribution is -0.00814. The molecule has 6 aliphatic heterocycles. The Hall–Kier alpha value is -1.27. The fourth-order valence-electron chi connectivity index (χ4n) is 14.1. The Kier molecular flexibility index (Phi) is 44.4. The molecule has 0 spiro atoms. The lowest BCUT2D eigenvalue weighted by atomic mass is 9.71. The van der Waals surface area contributed by atoms with Crippen LogP contribution < -0.4 is 0 Å². The Morgan fingerprint density at radius 1 is 0.408 bits per heavy atom. The zero-order valence-electron chi connectivity index (χ0n) is 72.3. The van der Waals surface area contributed by atoms with Crippen LogP contribution in [0.3, 0.4) is 0 Å². The molecule has 0 amide bonds. The standard InChI is InChI=1S/C12H26N2O.C12H25N.C11H23NO.C11H23N.2C10H22N2.C10H21N.C8H14N2/c1-12(2,3)15-11-5-6-14-9-7-13(4)8-10-14;1-12(2,3)10-6-8-11(9-7-10)13(4)5;1-11(2,3)13-10-6-9-12-7-4-5-8-12;1-5-12-8-6-10(7-9-12)11(2,3)4;1-10(2,3)9-12-7-5-11(4)6-8-12;1-5-11-6-8-12(9-7-11)10(2,3)4;1-10(2,3)9-5-7-11(4)8-6-9;1-8(2,3)7-5-9-10(4)6-7/h5-11H2,1-4H3;10-11H,6-9H2,1-5H3;4-10H2,1-3H3;10H,5-9H2,1-4H3;2*5-9H2,1-4H3;9H,5-8H2,1-4H3;5-6H,1-4H3. The van der Waals surface area contributed by atoms with Crippen LogP contribution >= 0.6 is 0 Å². The molecule has 7 fully saturated rings. The molecule has 98 heavy (non-hydrogen) atoms. The highest BCUT2D eigenvalue weighted by Crippen LogP contribution is 2.39. The van der Waals surface area contributed by atoms with E-state index in [-0.39, 0.29) is 16.6 Å². The van der Waals surface area contributed by atoms with E-state index >= 15 is 0 Å². The van der Waals surface area contributed by atoms with E-state index in [1.807, 2.05) is 17.9 Å². The molecule has 584 valence electrons. The molecule has 1 aromatic rings. The molecule has 1 aromatic heterocycles. The Morgan fingerprint density at radius 3 is 1.07 bits per heavy atom. The van der Waals surface area contributed by atoms with Crippen molar-refractivity contribution < 1.29 is 9.47 Å². The van der Waals surface area contributed by atoms with Crippen LogP contribution in [0.1, 0.15) is 263 Å². The molecule has 0 atom stereocenters. The summed E-state index contributed by atoms with van der Waals surface area (Å²) in [5, 5.41) is 4.10. The third-order valence-electron chi connectivity index (χ3n) is 21.6. The summed E-state index contributed by atoms with van der Waals surface area (Å²) in [6.07, 6.45) is 20.3. The molecule has 14 nitrogen and oxygen atoms in total. The molecular weight excluding hydrogens is 1210 g/mol. The summed E-state index contributed by atoms with van der Waals surface area (Å²) in [5.41, 5.74) is 3.96. The van der Waals surface area contributed by atoms with Crippen molar-refractivity contribution in [1.29, 1.82) is 0 Å². The van der Waals surface area contributed by atoms with Gasteiger partial charge in [-0.3, -0.25) is 9.58 Å². The van der Waals surface area contributed by atoms with Gasteiger partial charge in [0.15, 0.2) is 0 Å². The van der Waals surface area contributed by atoms with Gasteiger partial charge in [-0.1, -0.05) is 118 Å². The van der Waals surface area contributed by atoms with Crippen LogP contribution in [0.4, 0.5) is 0 Å². The van der Waals surface area contributed by atoms with Crippen LogP contribution in [0.5, 0.6) is 0 Å². The van der Waals surface area contributed by atoms with Gasteiger partial charge in [0.1, 0.15) is 0 Å². The molecule has 0 unspecified atom stereocenters. The second-order valence-corrected chi connectivity index (χ2v) is 39.6. The van der Waals surface area contributed by atoms with Crippen LogP contribution in [0.2, 0.25) is 0 Å². The molecule has 8 rings (SSSR count). The van der Waals surface area contributed by atoms with Crippen molar-refractivity contribution in [3.63, 3.8) is 0 Å². The van der Waals surface area contributed by atoms with Gasteiger partial charge < -0.3 is 53.6 Å². The first-order valence-electron chi connectivity index (χ1n) is 40.4. The van der Waals surface area contributed by atoms with Gasteiger partial charge in [0.25, 0.3) is 0 Å². The lowest BCUT2D eigenvalue weighted by Crippen LogP contribution is -2.53. The minimum absolute atomic E-state index is 0.0160. The van der Waals surface area contributed by atoms with Crippen LogP contribution in [0, 0.1) is 39.4 Å². The normalized spacial score (nSPS) is 22.3. The van der Waals surface area contributed by atoms with E-state index in [0.717, 1.165) is 43.4 Å². The highest BCUT2D eigenvalue weighted by Gasteiger charge is 2.32. The summed E-state index contributed by atoms with van der Waals surface area (Å²) in [5.74, 6) is 2.84. The predicted octanol–water partition coefficient (Wildman–Crippen LogP) is 16.4. The number of hydrogen-bond donors (Lipinski definition) is 0. The minimum Gasteiger partial charge on any atom is -0.376 e. The summed E-state index contributed by atoms with van der Waals surface area (Å²) in [6.45, 7) is 89.4. The molecule has 0 aromatic carbocycles. The zero-order chi connectivity index (χ0) is 74.9. The summed E-state index contributed by atoms with van der Waals surface area (Å²) in [4.78, 5) is 24.9. The highest BCUT2D eigenvalue weighted by atomic mass is 16.5. The molecule has 6 saturated heterocycles. The number of ether oxygens (including phenoxy) is 2. The number of piperazine rings is 3. The summed E-state index contributed by atoms with van der Waals surface area (Å²) in [7, 11) is 13.0. The Morgan fingerprint density at radius 2 is 0.755 bits per heavy atom. The summed E-state index contributed by atoms with van der Waals surface area (Å²) >= 11 is 0. The smallest absolute Gasteiger partial charge is 0.0598 e. The van der Waals surface area contributed by atoms with Gasteiger partial charge >= 0.3 is 0 Å². The first kappa shape index (κ1) is 94.7. The Labute approximate surface area is 613 Å². The summed E-state index contributed by atoms with van der Waals surface area (Å²) in [6, 6.07) is 0.846. The molecule has 0 bridgehead atoms. The van der Waals surface area contributed by atoms with Gasteiger partial charge in [-0.15, -0.1) is 0 Å².